The second kappa shape index (κ2) is 12.4. The van der Waals surface area contributed by atoms with Crippen LogP contribution in [0.1, 0.15) is 16.7 Å². The number of anilines is 1. The van der Waals surface area contributed by atoms with Crippen molar-refractivity contribution in [3.8, 4) is 0 Å². The number of hydrogen-bond acceptors (Lipinski definition) is 4. The van der Waals surface area contributed by atoms with E-state index in [1.165, 1.54) is 16.0 Å². The van der Waals surface area contributed by atoms with E-state index in [1.54, 1.807) is 24.9 Å². The number of nitrogens with one attached hydrogen (secondary N) is 2. The lowest BCUT2D eigenvalue weighted by molar-refractivity contribution is 0.122. The molecule has 0 amide bonds. The average Bonchev–Trinajstić information content (AvgIpc) is 2.75. The molecule has 0 bridgehead atoms. The SMILES string of the molecule is CN=C(NCc1ccc(N2CCOCC2)c(F)c1)NCc1ccc(C)cc1SC.I. The highest BCUT2D eigenvalue weighted by molar-refractivity contribution is 14.0. The third kappa shape index (κ3) is 6.75. The van der Waals surface area contributed by atoms with Gasteiger partial charge in [0, 0.05) is 38.1 Å². The Kier molecular flexibility index (Phi) is 10.2. The normalized spacial score (nSPS) is 14.3. The lowest BCUT2D eigenvalue weighted by Crippen LogP contribution is -2.37. The van der Waals surface area contributed by atoms with Gasteiger partial charge in [-0.3, -0.25) is 4.99 Å². The number of benzene rings is 2. The van der Waals surface area contributed by atoms with Crippen molar-refractivity contribution in [2.75, 3.05) is 44.5 Å². The standard InChI is InChI=1S/C22H29FN4OS.HI/c1-16-4-6-18(21(12-16)29-3)15-26-22(24-2)25-14-17-5-7-20(19(23)13-17)27-8-10-28-11-9-27;/h4-7,12-13H,8-11,14-15H2,1-3H3,(H2,24,25,26);1H. The van der Waals surface area contributed by atoms with E-state index in [-0.39, 0.29) is 29.8 Å². The smallest absolute Gasteiger partial charge is 0.191 e. The highest BCUT2D eigenvalue weighted by Crippen LogP contribution is 2.22. The molecule has 0 atom stereocenters. The Bertz CT molecular complexity index is 859. The summed E-state index contributed by atoms with van der Waals surface area (Å²) in [5.41, 5.74) is 4.00. The minimum Gasteiger partial charge on any atom is -0.378 e. The van der Waals surface area contributed by atoms with Crippen molar-refractivity contribution < 1.29 is 9.13 Å². The number of hydrogen-bond donors (Lipinski definition) is 2. The lowest BCUT2D eigenvalue weighted by atomic mass is 10.1. The summed E-state index contributed by atoms with van der Waals surface area (Å²) in [6, 6.07) is 11.9. The Balaban J connectivity index is 0.00000320. The Labute approximate surface area is 199 Å². The van der Waals surface area contributed by atoms with Gasteiger partial charge in [0.1, 0.15) is 5.82 Å². The average molecular weight is 544 g/mol. The maximum absolute atomic E-state index is 14.6. The molecule has 0 spiro atoms. The van der Waals surface area contributed by atoms with Crippen LogP contribution in [0.25, 0.3) is 0 Å². The van der Waals surface area contributed by atoms with Crippen molar-refractivity contribution in [2.24, 2.45) is 4.99 Å². The number of morpholine rings is 1. The Morgan fingerprint density at radius 1 is 1.13 bits per heavy atom. The molecule has 3 rings (SSSR count). The molecule has 0 saturated carbocycles. The maximum atomic E-state index is 14.6. The predicted octanol–water partition coefficient (Wildman–Crippen LogP) is 4.18. The van der Waals surface area contributed by atoms with Gasteiger partial charge in [-0.05, 0) is 48.1 Å². The van der Waals surface area contributed by atoms with Gasteiger partial charge in [-0.15, -0.1) is 35.7 Å². The van der Waals surface area contributed by atoms with E-state index in [4.69, 9.17) is 4.74 Å². The zero-order chi connectivity index (χ0) is 20.6. The monoisotopic (exact) mass is 544 g/mol. The molecule has 0 aromatic heterocycles. The fourth-order valence-electron chi connectivity index (χ4n) is 3.30. The molecule has 5 nitrogen and oxygen atoms in total. The molecular formula is C22H30FIN4OS. The summed E-state index contributed by atoms with van der Waals surface area (Å²) in [5.74, 6) is 0.494. The first kappa shape index (κ1) is 24.7. The molecule has 1 saturated heterocycles. The van der Waals surface area contributed by atoms with Crippen LogP contribution in [0, 0.1) is 12.7 Å². The Morgan fingerprint density at radius 3 is 2.53 bits per heavy atom. The zero-order valence-corrected chi connectivity index (χ0v) is 20.9. The van der Waals surface area contributed by atoms with Gasteiger partial charge in [-0.1, -0.05) is 18.2 Å². The molecule has 0 aliphatic carbocycles. The number of nitrogens with zero attached hydrogens (tertiary/aromatic N) is 2. The summed E-state index contributed by atoms with van der Waals surface area (Å²) in [6.45, 7) is 6.02. The van der Waals surface area contributed by atoms with Crippen molar-refractivity contribution in [3.05, 3.63) is 58.9 Å². The molecule has 8 heteroatoms. The van der Waals surface area contributed by atoms with Crippen LogP contribution < -0.4 is 15.5 Å². The van der Waals surface area contributed by atoms with Crippen LogP contribution in [0.5, 0.6) is 0 Å². The molecule has 30 heavy (non-hydrogen) atoms. The van der Waals surface area contributed by atoms with Crippen LogP contribution >= 0.6 is 35.7 Å². The van der Waals surface area contributed by atoms with E-state index in [0.29, 0.717) is 38.0 Å². The quantitative estimate of drug-likeness (QED) is 0.248. The molecule has 1 fully saturated rings. The summed E-state index contributed by atoms with van der Waals surface area (Å²) in [7, 11) is 1.74. The van der Waals surface area contributed by atoms with Gasteiger partial charge in [0.15, 0.2) is 5.96 Å². The molecule has 2 aromatic rings. The van der Waals surface area contributed by atoms with Crippen LogP contribution in [0.4, 0.5) is 10.1 Å². The molecule has 0 unspecified atom stereocenters. The van der Waals surface area contributed by atoms with Crippen molar-refractivity contribution in [1.82, 2.24) is 10.6 Å². The Morgan fingerprint density at radius 2 is 1.87 bits per heavy atom. The molecule has 2 aromatic carbocycles. The zero-order valence-electron chi connectivity index (χ0n) is 17.7. The summed E-state index contributed by atoms with van der Waals surface area (Å²) in [5, 5.41) is 6.60. The molecule has 1 aliphatic rings. The number of guanidine groups is 1. The molecule has 1 heterocycles. The highest BCUT2D eigenvalue weighted by atomic mass is 127. The largest absolute Gasteiger partial charge is 0.378 e. The summed E-state index contributed by atoms with van der Waals surface area (Å²) in [4.78, 5) is 7.56. The lowest BCUT2D eigenvalue weighted by Gasteiger charge is -2.29. The highest BCUT2D eigenvalue weighted by Gasteiger charge is 2.15. The number of thioether (sulfide) groups is 1. The topological polar surface area (TPSA) is 48.9 Å². The van der Waals surface area contributed by atoms with Gasteiger partial charge >= 0.3 is 0 Å². The van der Waals surface area contributed by atoms with E-state index >= 15 is 0 Å². The van der Waals surface area contributed by atoms with Crippen molar-refractivity contribution in [3.63, 3.8) is 0 Å². The van der Waals surface area contributed by atoms with Crippen LogP contribution in [0.15, 0.2) is 46.3 Å². The third-order valence-electron chi connectivity index (χ3n) is 4.94. The van der Waals surface area contributed by atoms with Gasteiger partial charge in [0.25, 0.3) is 0 Å². The fraction of sp³-hybridized carbons (Fsp3) is 0.409. The summed E-state index contributed by atoms with van der Waals surface area (Å²) < 4.78 is 19.9. The molecule has 0 radical (unpaired) electrons. The minimum absolute atomic E-state index is 0. The van der Waals surface area contributed by atoms with Crippen LogP contribution in [-0.4, -0.2) is 45.6 Å². The first-order valence-electron chi connectivity index (χ1n) is 9.80. The number of ether oxygens (including phenoxy) is 1. The number of halogens is 2. The predicted molar refractivity (Wildman–Crippen MR) is 135 cm³/mol. The Hall–Kier alpha value is -1.52. The van der Waals surface area contributed by atoms with E-state index in [0.717, 1.165) is 18.7 Å². The number of aryl methyl sites for hydroxylation is 1. The van der Waals surface area contributed by atoms with Crippen molar-refractivity contribution in [2.45, 2.75) is 24.9 Å². The van der Waals surface area contributed by atoms with Crippen molar-refractivity contribution in [1.29, 1.82) is 0 Å². The summed E-state index contributed by atoms with van der Waals surface area (Å²) in [6.07, 6.45) is 2.08. The van der Waals surface area contributed by atoms with Crippen LogP contribution in [0.2, 0.25) is 0 Å². The molecular weight excluding hydrogens is 514 g/mol. The number of rotatable bonds is 6. The van der Waals surface area contributed by atoms with Crippen LogP contribution in [-0.2, 0) is 17.8 Å². The first-order chi connectivity index (χ1) is 14.1. The van der Waals surface area contributed by atoms with E-state index in [9.17, 15) is 4.39 Å². The van der Waals surface area contributed by atoms with Gasteiger partial charge in [-0.2, -0.15) is 0 Å². The van der Waals surface area contributed by atoms with Gasteiger partial charge in [-0.25, -0.2) is 4.39 Å². The van der Waals surface area contributed by atoms with Crippen molar-refractivity contribution >= 4 is 47.4 Å². The summed E-state index contributed by atoms with van der Waals surface area (Å²) >= 11 is 1.74. The first-order valence-corrected chi connectivity index (χ1v) is 11.0. The van der Waals surface area contributed by atoms with E-state index in [2.05, 4.69) is 47.0 Å². The van der Waals surface area contributed by atoms with E-state index in [1.807, 2.05) is 17.0 Å². The fourth-order valence-corrected chi connectivity index (χ4v) is 4.01. The molecule has 2 N–H and O–H groups in total. The van der Waals surface area contributed by atoms with Gasteiger partial charge < -0.3 is 20.3 Å². The minimum atomic E-state index is -0.196. The molecule has 1 aliphatic heterocycles. The molecule has 164 valence electrons. The van der Waals surface area contributed by atoms with E-state index < -0.39 is 0 Å². The van der Waals surface area contributed by atoms with Gasteiger partial charge in [0.2, 0.25) is 0 Å². The second-order valence-corrected chi connectivity index (χ2v) is 7.83. The third-order valence-corrected chi connectivity index (χ3v) is 5.76. The maximum Gasteiger partial charge on any atom is 0.191 e. The number of aliphatic imine (C=N–C) groups is 1. The van der Waals surface area contributed by atoms with Gasteiger partial charge in [0.05, 0.1) is 18.9 Å². The van der Waals surface area contributed by atoms with Crippen LogP contribution in [0.3, 0.4) is 0 Å². The second-order valence-electron chi connectivity index (χ2n) is 6.98.